The van der Waals surface area contributed by atoms with Gasteiger partial charge in [0.15, 0.2) is 0 Å². The summed E-state index contributed by atoms with van der Waals surface area (Å²) >= 11 is 0. The van der Waals surface area contributed by atoms with E-state index in [-0.39, 0.29) is 11.8 Å². The quantitative estimate of drug-likeness (QED) is 0.157. The molecule has 0 saturated heterocycles. The summed E-state index contributed by atoms with van der Waals surface area (Å²) in [5.74, 6) is 0.964. The molecule has 2 heteroatoms. The third-order valence-corrected chi connectivity index (χ3v) is 15.0. The molecule has 14 rings (SSSR count). The van der Waals surface area contributed by atoms with Crippen LogP contribution in [0.15, 0.2) is 236 Å². The van der Waals surface area contributed by atoms with Gasteiger partial charge >= 0.3 is 0 Å². The van der Waals surface area contributed by atoms with Crippen molar-refractivity contribution in [1.29, 1.82) is 0 Å². The van der Waals surface area contributed by atoms with Gasteiger partial charge in [0.2, 0.25) is 0 Å². The molecule has 0 spiro atoms. The van der Waals surface area contributed by atoms with Gasteiger partial charge in [-0.3, -0.25) is 4.57 Å². The van der Waals surface area contributed by atoms with Gasteiger partial charge in [-0.25, -0.2) is 4.99 Å². The van der Waals surface area contributed by atoms with Crippen molar-refractivity contribution in [2.45, 2.75) is 24.7 Å². The van der Waals surface area contributed by atoms with E-state index in [1.54, 1.807) is 0 Å². The van der Waals surface area contributed by atoms with Crippen molar-refractivity contribution in [1.82, 2.24) is 4.57 Å². The molecule has 0 saturated carbocycles. The summed E-state index contributed by atoms with van der Waals surface area (Å²) in [6, 6.07) is 81.0. The average Bonchev–Trinajstić information content (AvgIpc) is 3.72. The number of fused-ring (bicyclic) bond motifs is 14. The molecule has 0 fully saturated rings. The maximum absolute atomic E-state index is 5.60. The molecule has 11 aromatic carbocycles. The minimum absolute atomic E-state index is 0.127. The molecular weight excluding hydrogens is 809 g/mol. The highest BCUT2D eigenvalue weighted by molar-refractivity contribution is 6.26. The Hall–Kier alpha value is -8.33. The van der Waals surface area contributed by atoms with Gasteiger partial charge in [-0.2, -0.15) is 0 Å². The first-order chi connectivity index (χ1) is 33.2. The van der Waals surface area contributed by atoms with Crippen molar-refractivity contribution in [3.63, 3.8) is 0 Å². The van der Waals surface area contributed by atoms with E-state index >= 15 is 0 Å². The molecule has 0 bridgehead atoms. The Balaban J connectivity index is 0.967. The first-order valence-corrected chi connectivity index (χ1v) is 23.6. The van der Waals surface area contributed by atoms with E-state index in [2.05, 4.69) is 223 Å². The Morgan fingerprint density at radius 3 is 2.00 bits per heavy atom. The second kappa shape index (κ2) is 14.9. The maximum atomic E-state index is 5.60. The minimum atomic E-state index is -0.127. The fourth-order valence-electron chi connectivity index (χ4n) is 12.1. The molecule has 1 aliphatic heterocycles. The molecule has 314 valence electrons. The van der Waals surface area contributed by atoms with E-state index in [1.165, 1.54) is 104 Å². The molecule has 0 amide bonds. The predicted molar refractivity (Wildman–Crippen MR) is 283 cm³/mol. The van der Waals surface area contributed by atoms with Gasteiger partial charge in [0.1, 0.15) is 5.84 Å². The number of rotatable bonds is 4. The topological polar surface area (TPSA) is 17.3 Å². The van der Waals surface area contributed by atoms with Crippen molar-refractivity contribution in [2.75, 3.05) is 0 Å². The number of benzene rings is 11. The lowest BCUT2D eigenvalue weighted by Gasteiger charge is -2.30. The fraction of sp³-hybridized carbons (Fsp3) is 0.0615. The second-order valence-electron chi connectivity index (χ2n) is 18.6. The molecular formula is C65H44N2. The van der Waals surface area contributed by atoms with Crippen LogP contribution in [0.3, 0.4) is 0 Å². The van der Waals surface area contributed by atoms with Gasteiger partial charge in [-0.05, 0) is 130 Å². The number of aliphatic imine (C=N–C) groups is 1. The molecule has 1 aromatic heterocycles. The summed E-state index contributed by atoms with van der Waals surface area (Å²) in [6.45, 7) is 5.05. The first kappa shape index (κ1) is 38.0. The number of aromatic nitrogens is 1. The van der Waals surface area contributed by atoms with E-state index in [0.29, 0.717) is 0 Å². The summed E-state index contributed by atoms with van der Waals surface area (Å²) in [4.78, 5) is 5.60. The van der Waals surface area contributed by atoms with Gasteiger partial charge in [-0.15, -0.1) is 0 Å². The van der Waals surface area contributed by atoms with Crippen LogP contribution < -0.4 is 0 Å². The Labute approximate surface area is 389 Å². The third kappa shape index (κ3) is 5.79. The Morgan fingerprint density at radius 2 is 1.13 bits per heavy atom. The van der Waals surface area contributed by atoms with Crippen molar-refractivity contribution in [3.8, 4) is 11.1 Å². The van der Waals surface area contributed by atoms with Gasteiger partial charge in [-0.1, -0.05) is 201 Å². The van der Waals surface area contributed by atoms with Crippen LogP contribution in [0.4, 0.5) is 5.69 Å². The summed E-state index contributed by atoms with van der Waals surface area (Å²) in [7, 11) is 0. The Bertz CT molecular complexity index is 4070. The largest absolute Gasteiger partial charge is 0.294 e. The molecule has 2 nitrogen and oxygen atoms in total. The molecule has 2 heterocycles. The smallest absolute Gasteiger partial charge is 0.141 e. The van der Waals surface area contributed by atoms with Crippen LogP contribution in [0.1, 0.15) is 50.8 Å². The zero-order chi connectivity index (χ0) is 44.2. The lowest BCUT2D eigenvalue weighted by Crippen LogP contribution is -2.23. The van der Waals surface area contributed by atoms with E-state index < -0.39 is 0 Å². The summed E-state index contributed by atoms with van der Waals surface area (Å²) in [6.07, 6.45) is 1.82. The molecule has 2 atom stereocenters. The molecule has 0 N–H and O–H groups in total. The van der Waals surface area contributed by atoms with Gasteiger partial charge in [0.25, 0.3) is 0 Å². The van der Waals surface area contributed by atoms with Crippen LogP contribution >= 0.6 is 0 Å². The molecule has 2 unspecified atom stereocenters. The van der Waals surface area contributed by atoms with Crippen molar-refractivity contribution < 1.29 is 0 Å². The monoisotopic (exact) mass is 852 g/mol. The summed E-state index contributed by atoms with van der Waals surface area (Å²) < 4.78 is 2.42. The van der Waals surface area contributed by atoms with E-state index in [0.717, 1.165) is 41.0 Å². The predicted octanol–water partition coefficient (Wildman–Crippen LogP) is 16.6. The number of hydrogen-bond acceptors (Lipinski definition) is 1. The Kier molecular flexibility index (Phi) is 8.42. The van der Waals surface area contributed by atoms with E-state index in [9.17, 15) is 0 Å². The lowest BCUT2D eigenvalue weighted by molar-refractivity contribution is 0.796. The number of nitrogens with zero attached hydrogens (tertiary/aromatic N) is 2. The Morgan fingerprint density at radius 1 is 0.478 bits per heavy atom. The van der Waals surface area contributed by atoms with E-state index in [4.69, 9.17) is 11.6 Å². The minimum Gasteiger partial charge on any atom is -0.294 e. The van der Waals surface area contributed by atoms with Gasteiger partial charge < -0.3 is 0 Å². The van der Waals surface area contributed by atoms with E-state index in [1.807, 2.05) is 0 Å². The van der Waals surface area contributed by atoms with Crippen LogP contribution in [0, 0.1) is 0 Å². The maximum Gasteiger partial charge on any atom is 0.141 e. The van der Waals surface area contributed by atoms with Gasteiger partial charge in [0, 0.05) is 28.2 Å². The molecule has 2 aliphatic rings. The molecule has 12 aromatic rings. The first-order valence-electron chi connectivity index (χ1n) is 23.6. The van der Waals surface area contributed by atoms with Gasteiger partial charge in [0.05, 0.1) is 16.7 Å². The number of allylic oxidation sites excluding steroid dienone is 1. The summed E-state index contributed by atoms with van der Waals surface area (Å²) in [5.41, 5.74) is 16.2. The standard InChI is InChI=1S/C65H44N2/c1-40-61(55-28-15-20-45-37-47(36-41-16-3-2-4-17-41)48-21-9-11-25-52(48)63(45)55)54-27-13-14-29-58(54)66-65(40)67-59-34-33-44(38-57(59)64-50-23-8-6-19-43(50)32-35-60(64)67)56-39-46-31-30-42-18-5-7-22-49(42)62(46)53-26-12-10-24-51(53)56/h2-35,37-38,56,61H,1,36,39H2. The lowest BCUT2D eigenvalue weighted by atomic mass is 9.74. The molecule has 0 radical (unpaired) electrons. The van der Waals surface area contributed by atoms with Crippen molar-refractivity contribution in [3.05, 3.63) is 269 Å². The van der Waals surface area contributed by atoms with Crippen LogP contribution in [0.5, 0.6) is 0 Å². The third-order valence-electron chi connectivity index (χ3n) is 15.0. The van der Waals surface area contributed by atoms with Crippen molar-refractivity contribution >= 4 is 76.4 Å². The van der Waals surface area contributed by atoms with Crippen LogP contribution in [-0.2, 0) is 12.8 Å². The normalized spacial score (nSPS) is 15.6. The summed E-state index contributed by atoms with van der Waals surface area (Å²) in [5, 5.41) is 12.6. The molecule has 67 heavy (non-hydrogen) atoms. The highest BCUT2D eigenvalue weighted by Gasteiger charge is 2.33. The zero-order valence-electron chi connectivity index (χ0n) is 37.0. The highest BCUT2D eigenvalue weighted by atomic mass is 15.1. The zero-order valence-corrected chi connectivity index (χ0v) is 37.0. The van der Waals surface area contributed by atoms with Crippen LogP contribution in [0.25, 0.3) is 76.0 Å². The SMILES string of the molecule is C=C1C(n2c3ccc(C4Cc5ccc6ccccc6c5-c5ccccc54)cc3c3c4ccccc4ccc32)=Nc2ccccc2C1c1cccc2cc(Cc3ccccc3)c3ccccc3c12. The van der Waals surface area contributed by atoms with Crippen LogP contribution in [0.2, 0.25) is 0 Å². The highest BCUT2D eigenvalue weighted by Crippen LogP contribution is 2.49. The number of hydrogen-bond donors (Lipinski definition) is 0. The second-order valence-corrected chi connectivity index (χ2v) is 18.6. The molecule has 1 aliphatic carbocycles. The fourth-order valence-corrected chi connectivity index (χ4v) is 12.1. The van der Waals surface area contributed by atoms with Crippen molar-refractivity contribution in [2.24, 2.45) is 4.99 Å². The average molecular weight is 853 g/mol. The number of para-hydroxylation sites is 1. The van der Waals surface area contributed by atoms with Crippen LogP contribution in [-0.4, -0.2) is 10.4 Å².